The van der Waals surface area contributed by atoms with E-state index in [9.17, 15) is 23.2 Å². The Labute approximate surface area is 180 Å². The Morgan fingerprint density at radius 2 is 1.91 bits per heavy atom. The summed E-state index contributed by atoms with van der Waals surface area (Å²) in [4.78, 5) is 42.2. The van der Waals surface area contributed by atoms with Gasteiger partial charge >= 0.3 is 5.69 Å². The van der Waals surface area contributed by atoms with Gasteiger partial charge < -0.3 is 14.6 Å². The Morgan fingerprint density at radius 1 is 1.16 bits per heavy atom. The van der Waals surface area contributed by atoms with Gasteiger partial charge in [0, 0.05) is 6.54 Å². The molecule has 2 bridgehead atoms. The predicted molar refractivity (Wildman–Crippen MR) is 113 cm³/mol. The summed E-state index contributed by atoms with van der Waals surface area (Å²) in [7, 11) is 1.59. The second-order valence-corrected chi connectivity index (χ2v) is 8.01. The first-order chi connectivity index (χ1) is 15.4. The van der Waals surface area contributed by atoms with Crippen molar-refractivity contribution in [2.75, 3.05) is 13.7 Å². The van der Waals surface area contributed by atoms with Crippen LogP contribution in [0.1, 0.15) is 12.0 Å². The van der Waals surface area contributed by atoms with E-state index in [0.717, 1.165) is 35.4 Å². The number of benzene rings is 2. The molecule has 2 aliphatic rings. The van der Waals surface area contributed by atoms with E-state index in [0.29, 0.717) is 11.1 Å². The predicted octanol–water partition coefficient (Wildman–Crippen LogP) is 2.29. The number of halogens is 2. The Bertz CT molecular complexity index is 1390. The minimum Gasteiger partial charge on any atom is -0.497 e. The number of fused-ring (bicyclic) bond motifs is 3. The molecule has 2 heterocycles. The largest absolute Gasteiger partial charge is 0.497 e. The standard InChI is InChI=1S/C23H19F2N3O4/c1-32-14-4-2-13(3-5-14)15-8-12-9-18(15)27(10-12)19(29)11-28-22(30)20-17(26-23(28)31)7-6-16(24)21(20)25/h2-8,12,18H,9-11H2,1H3,(H,26,31). The number of amides is 1. The summed E-state index contributed by atoms with van der Waals surface area (Å²) in [5, 5.41) is -0.584. The van der Waals surface area contributed by atoms with Crippen molar-refractivity contribution in [2.45, 2.75) is 19.0 Å². The summed E-state index contributed by atoms with van der Waals surface area (Å²) < 4.78 is 33.6. The number of aromatic amines is 1. The zero-order valence-corrected chi connectivity index (χ0v) is 17.1. The number of carbonyl (C=O) groups is 1. The maximum absolute atomic E-state index is 14.2. The molecule has 0 spiro atoms. The van der Waals surface area contributed by atoms with Gasteiger partial charge in [0.2, 0.25) is 5.91 Å². The molecule has 0 radical (unpaired) electrons. The van der Waals surface area contributed by atoms with Crippen LogP contribution in [-0.4, -0.2) is 40.1 Å². The molecule has 2 unspecified atom stereocenters. The highest BCUT2D eigenvalue weighted by Crippen LogP contribution is 2.42. The molecule has 1 N–H and O–H groups in total. The van der Waals surface area contributed by atoms with E-state index in [1.807, 2.05) is 24.3 Å². The summed E-state index contributed by atoms with van der Waals surface area (Å²) in [5.74, 6) is -2.08. The first-order valence-corrected chi connectivity index (χ1v) is 10.1. The van der Waals surface area contributed by atoms with Crippen LogP contribution in [0.5, 0.6) is 5.75 Å². The molecule has 1 saturated heterocycles. The Kier molecular flexibility index (Phi) is 4.69. The summed E-state index contributed by atoms with van der Waals surface area (Å²) in [6.07, 6.45) is 2.90. The first-order valence-electron chi connectivity index (χ1n) is 10.1. The lowest BCUT2D eigenvalue weighted by Gasteiger charge is -2.29. The fourth-order valence-electron chi connectivity index (χ4n) is 4.64. The monoisotopic (exact) mass is 439 g/mol. The summed E-state index contributed by atoms with van der Waals surface area (Å²) in [6.45, 7) is -0.0778. The minimum atomic E-state index is -1.35. The average Bonchev–Trinajstić information content (AvgIpc) is 3.40. The maximum Gasteiger partial charge on any atom is 0.329 e. The number of nitrogens with zero attached hydrogens (tertiary/aromatic N) is 2. The Morgan fingerprint density at radius 3 is 2.59 bits per heavy atom. The van der Waals surface area contributed by atoms with Crippen LogP contribution in [0.2, 0.25) is 0 Å². The van der Waals surface area contributed by atoms with Crippen LogP contribution in [0.15, 0.2) is 52.1 Å². The fourth-order valence-corrected chi connectivity index (χ4v) is 4.64. The smallest absolute Gasteiger partial charge is 0.329 e. The van der Waals surface area contributed by atoms with E-state index in [-0.39, 0.29) is 17.5 Å². The molecule has 2 aromatic carbocycles. The van der Waals surface area contributed by atoms with Gasteiger partial charge in [-0.3, -0.25) is 14.2 Å². The third kappa shape index (κ3) is 3.12. The van der Waals surface area contributed by atoms with Gasteiger partial charge in [0.1, 0.15) is 17.7 Å². The third-order valence-corrected chi connectivity index (χ3v) is 6.19. The summed E-state index contributed by atoms with van der Waals surface area (Å²) >= 11 is 0. The molecule has 1 amide bonds. The van der Waals surface area contributed by atoms with E-state index in [2.05, 4.69) is 11.1 Å². The van der Waals surface area contributed by atoms with Crippen molar-refractivity contribution in [1.82, 2.24) is 14.5 Å². The molecule has 3 aromatic rings. The van der Waals surface area contributed by atoms with Gasteiger partial charge in [-0.25, -0.2) is 13.6 Å². The second kappa shape index (κ2) is 7.44. The van der Waals surface area contributed by atoms with E-state index >= 15 is 0 Å². The molecular formula is C23H19F2N3O4. The van der Waals surface area contributed by atoms with Gasteiger partial charge in [-0.05, 0) is 47.7 Å². The van der Waals surface area contributed by atoms with Crippen molar-refractivity contribution in [1.29, 1.82) is 0 Å². The van der Waals surface area contributed by atoms with Crippen LogP contribution in [0.25, 0.3) is 16.5 Å². The topological polar surface area (TPSA) is 84.4 Å². The van der Waals surface area contributed by atoms with Gasteiger partial charge in [0.05, 0.1) is 18.7 Å². The average molecular weight is 439 g/mol. The molecule has 2 atom stereocenters. The summed E-state index contributed by atoms with van der Waals surface area (Å²) in [6, 6.07) is 9.30. The van der Waals surface area contributed by atoms with E-state index in [1.54, 1.807) is 12.0 Å². The van der Waals surface area contributed by atoms with Crippen LogP contribution in [0, 0.1) is 17.6 Å². The lowest BCUT2D eigenvalue weighted by atomic mass is 10.00. The highest BCUT2D eigenvalue weighted by molar-refractivity contribution is 5.84. The fraction of sp³-hybridized carbons (Fsp3) is 0.261. The number of rotatable bonds is 4. The molecule has 1 aliphatic heterocycles. The number of H-pyrrole nitrogens is 1. The highest BCUT2D eigenvalue weighted by Gasteiger charge is 2.42. The van der Waals surface area contributed by atoms with Gasteiger partial charge in [-0.2, -0.15) is 0 Å². The van der Waals surface area contributed by atoms with Crippen molar-refractivity contribution in [3.63, 3.8) is 0 Å². The number of likely N-dealkylation sites (tertiary alicyclic amines) is 1. The molecule has 1 aliphatic carbocycles. The van der Waals surface area contributed by atoms with E-state index in [4.69, 9.17) is 4.74 Å². The number of ether oxygens (including phenoxy) is 1. The lowest BCUT2D eigenvalue weighted by molar-refractivity contribution is -0.132. The van der Waals surface area contributed by atoms with Crippen LogP contribution < -0.4 is 16.0 Å². The molecule has 32 heavy (non-hydrogen) atoms. The minimum absolute atomic E-state index is 0.118. The molecule has 1 aromatic heterocycles. The third-order valence-electron chi connectivity index (χ3n) is 6.19. The van der Waals surface area contributed by atoms with Crippen molar-refractivity contribution in [3.05, 3.63) is 80.5 Å². The molecule has 164 valence electrons. The normalized spacial score (nSPS) is 19.5. The number of methoxy groups -OCH3 is 1. The molecule has 9 heteroatoms. The maximum atomic E-state index is 14.2. The second-order valence-electron chi connectivity index (χ2n) is 8.01. The van der Waals surface area contributed by atoms with Crippen molar-refractivity contribution >= 4 is 22.4 Å². The van der Waals surface area contributed by atoms with Crippen LogP contribution in [0.4, 0.5) is 8.78 Å². The molecule has 7 nitrogen and oxygen atoms in total. The molecular weight excluding hydrogens is 420 g/mol. The van der Waals surface area contributed by atoms with Crippen molar-refractivity contribution in [2.24, 2.45) is 5.92 Å². The van der Waals surface area contributed by atoms with E-state index < -0.39 is 40.7 Å². The lowest BCUT2D eigenvalue weighted by Crippen LogP contribution is -2.45. The first kappa shape index (κ1) is 20.2. The zero-order valence-electron chi connectivity index (χ0n) is 17.1. The summed E-state index contributed by atoms with van der Waals surface area (Å²) in [5.41, 5.74) is -0.0340. The van der Waals surface area contributed by atoms with Gasteiger partial charge in [-0.15, -0.1) is 0 Å². The Balaban J connectivity index is 1.44. The van der Waals surface area contributed by atoms with Crippen molar-refractivity contribution in [3.8, 4) is 5.75 Å². The van der Waals surface area contributed by atoms with Crippen LogP contribution in [0.3, 0.4) is 0 Å². The number of aromatic nitrogens is 2. The quantitative estimate of drug-likeness (QED) is 0.676. The van der Waals surface area contributed by atoms with Gasteiger partial charge in [-0.1, -0.05) is 18.2 Å². The van der Waals surface area contributed by atoms with Gasteiger partial charge in [0.15, 0.2) is 11.6 Å². The van der Waals surface area contributed by atoms with Gasteiger partial charge in [0.25, 0.3) is 5.56 Å². The number of nitrogens with one attached hydrogen (secondary N) is 1. The van der Waals surface area contributed by atoms with Crippen LogP contribution >= 0.6 is 0 Å². The zero-order chi connectivity index (χ0) is 22.6. The van der Waals surface area contributed by atoms with Crippen LogP contribution in [-0.2, 0) is 11.3 Å². The Hall–Kier alpha value is -3.75. The molecule has 5 rings (SSSR count). The highest BCUT2D eigenvalue weighted by atomic mass is 19.2. The van der Waals surface area contributed by atoms with E-state index in [1.165, 1.54) is 0 Å². The number of hydrogen-bond acceptors (Lipinski definition) is 4. The SMILES string of the molecule is COc1ccc(C2=CC3CC2N(C(=O)Cn2c(=O)[nH]c4ccc(F)c(F)c4c2=O)C3)cc1. The van der Waals surface area contributed by atoms with Crippen molar-refractivity contribution < 1.29 is 18.3 Å². The number of carbonyl (C=O) groups excluding carboxylic acids is 1. The molecule has 0 saturated carbocycles. The molecule has 1 fully saturated rings. The number of hydrogen-bond donors (Lipinski definition) is 1.